The van der Waals surface area contributed by atoms with E-state index in [4.69, 9.17) is 58.0 Å². The molecular formula is C8H5Cl5. The van der Waals surface area contributed by atoms with Gasteiger partial charge in [0.15, 0.2) is 0 Å². The molecule has 0 saturated heterocycles. The maximum absolute atomic E-state index is 5.86. The zero-order valence-corrected chi connectivity index (χ0v) is 10.1. The van der Waals surface area contributed by atoms with Crippen LogP contribution in [0.5, 0.6) is 0 Å². The van der Waals surface area contributed by atoms with Crippen molar-refractivity contribution in [2.75, 3.05) is 0 Å². The number of hydrogen-bond donors (Lipinski definition) is 0. The van der Waals surface area contributed by atoms with Crippen LogP contribution in [0.3, 0.4) is 0 Å². The van der Waals surface area contributed by atoms with Crippen LogP contribution in [0.2, 0.25) is 10.0 Å². The second kappa shape index (κ2) is 4.95. The largest absolute Gasteiger partial charge is 0.134 e. The van der Waals surface area contributed by atoms with Gasteiger partial charge in [0.2, 0.25) is 0 Å². The van der Waals surface area contributed by atoms with Crippen molar-refractivity contribution in [2.45, 2.75) is 10.7 Å². The molecule has 1 aromatic carbocycles. The highest BCUT2D eigenvalue weighted by molar-refractivity contribution is 6.45. The topological polar surface area (TPSA) is 0 Å². The summed E-state index contributed by atoms with van der Waals surface area (Å²) in [4.78, 5) is -0.660. The molecule has 0 aliphatic rings. The van der Waals surface area contributed by atoms with E-state index >= 15 is 0 Å². The average Bonchev–Trinajstić information content (AvgIpc) is 2.03. The molecule has 0 saturated carbocycles. The lowest BCUT2D eigenvalue weighted by atomic mass is 10.1. The Balaban J connectivity index is 3.22. The fraction of sp³-hybridized carbons (Fsp3) is 0.250. The molecule has 0 bridgehead atoms. The molecule has 0 fully saturated rings. The van der Waals surface area contributed by atoms with Gasteiger partial charge in [-0.1, -0.05) is 23.2 Å². The first-order valence-corrected chi connectivity index (χ1v) is 5.54. The highest BCUT2D eigenvalue weighted by Gasteiger charge is 2.11. The second-order valence-corrected chi connectivity index (χ2v) is 4.58. The Morgan fingerprint density at radius 2 is 1.69 bits per heavy atom. The maximum Gasteiger partial charge on any atom is 0.134 e. The number of halogens is 5. The Morgan fingerprint density at radius 1 is 1.08 bits per heavy atom. The van der Waals surface area contributed by atoms with Crippen LogP contribution in [-0.4, -0.2) is 0 Å². The van der Waals surface area contributed by atoms with Crippen molar-refractivity contribution in [3.8, 4) is 0 Å². The van der Waals surface area contributed by atoms with Crippen LogP contribution in [0.15, 0.2) is 12.1 Å². The van der Waals surface area contributed by atoms with E-state index in [1.165, 1.54) is 0 Å². The van der Waals surface area contributed by atoms with Crippen LogP contribution < -0.4 is 0 Å². The standard InChI is InChI=1S/C8H5Cl5/c9-3-4-1-5(8(12)13)7(11)2-6(4)10/h1-2,8H,3H2. The predicted octanol–water partition coefficient (Wildman–Crippen LogP) is 5.21. The number of hydrogen-bond acceptors (Lipinski definition) is 0. The minimum atomic E-state index is -0.660. The van der Waals surface area contributed by atoms with Crippen LogP contribution in [0.4, 0.5) is 0 Å². The summed E-state index contributed by atoms with van der Waals surface area (Å²) in [7, 11) is 0. The van der Waals surface area contributed by atoms with Crippen LogP contribution in [0, 0.1) is 0 Å². The van der Waals surface area contributed by atoms with Gasteiger partial charge >= 0.3 is 0 Å². The van der Waals surface area contributed by atoms with E-state index in [9.17, 15) is 0 Å². The molecule has 0 aliphatic heterocycles. The molecule has 0 aromatic heterocycles. The third-order valence-electron chi connectivity index (χ3n) is 1.54. The summed E-state index contributed by atoms with van der Waals surface area (Å²) < 4.78 is 0. The minimum Gasteiger partial charge on any atom is -0.121 e. The van der Waals surface area contributed by atoms with Crippen LogP contribution in [0.1, 0.15) is 16.0 Å². The van der Waals surface area contributed by atoms with Gasteiger partial charge in [0.05, 0.1) is 0 Å². The maximum atomic E-state index is 5.86. The molecule has 0 heterocycles. The van der Waals surface area contributed by atoms with E-state index in [0.717, 1.165) is 5.56 Å². The molecule has 1 aromatic rings. The first kappa shape index (κ1) is 11.7. The fourth-order valence-corrected chi connectivity index (χ4v) is 2.20. The first-order chi connectivity index (χ1) is 6.06. The quantitative estimate of drug-likeness (QED) is 0.652. The highest BCUT2D eigenvalue weighted by Crippen LogP contribution is 2.35. The zero-order valence-electron chi connectivity index (χ0n) is 6.33. The number of benzene rings is 1. The summed E-state index contributed by atoms with van der Waals surface area (Å²) in [6.07, 6.45) is 0. The van der Waals surface area contributed by atoms with E-state index < -0.39 is 4.84 Å². The highest BCUT2D eigenvalue weighted by atomic mass is 35.5. The van der Waals surface area contributed by atoms with Gasteiger partial charge in [0.25, 0.3) is 0 Å². The number of rotatable bonds is 2. The first-order valence-electron chi connectivity index (χ1n) is 3.38. The molecule has 0 atom stereocenters. The Morgan fingerprint density at radius 3 is 2.15 bits per heavy atom. The summed E-state index contributed by atoms with van der Waals surface area (Å²) in [5.74, 6) is 0.309. The van der Waals surface area contributed by atoms with Crippen molar-refractivity contribution in [1.29, 1.82) is 0 Å². The summed E-state index contributed by atoms with van der Waals surface area (Å²) in [6, 6.07) is 3.30. The van der Waals surface area contributed by atoms with Gasteiger partial charge in [0.1, 0.15) is 4.84 Å². The normalized spacial score (nSPS) is 10.9. The Kier molecular flexibility index (Phi) is 4.47. The van der Waals surface area contributed by atoms with Crippen molar-refractivity contribution >= 4 is 58.0 Å². The monoisotopic (exact) mass is 276 g/mol. The van der Waals surface area contributed by atoms with Crippen molar-refractivity contribution < 1.29 is 0 Å². The Labute approximate surface area is 102 Å². The van der Waals surface area contributed by atoms with E-state index in [-0.39, 0.29) is 0 Å². The molecule has 0 amide bonds. The van der Waals surface area contributed by atoms with Crippen molar-refractivity contribution in [3.63, 3.8) is 0 Å². The van der Waals surface area contributed by atoms with Crippen molar-refractivity contribution in [1.82, 2.24) is 0 Å². The molecule has 13 heavy (non-hydrogen) atoms. The summed E-state index contributed by atoms with van der Waals surface area (Å²) in [5, 5.41) is 0.978. The molecule has 5 heteroatoms. The summed E-state index contributed by atoms with van der Waals surface area (Å²) in [6.45, 7) is 0. The summed E-state index contributed by atoms with van der Waals surface area (Å²) >= 11 is 28.7. The molecule has 0 N–H and O–H groups in total. The van der Waals surface area contributed by atoms with E-state index in [2.05, 4.69) is 0 Å². The Hall–Kier alpha value is 0.670. The zero-order chi connectivity index (χ0) is 10.0. The SMILES string of the molecule is ClCc1cc(C(Cl)Cl)c(Cl)cc1Cl. The van der Waals surface area contributed by atoms with Crippen LogP contribution in [-0.2, 0) is 5.88 Å². The smallest absolute Gasteiger partial charge is 0.121 e. The molecule has 0 nitrogen and oxygen atoms in total. The van der Waals surface area contributed by atoms with Crippen molar-refractivity contribution in [3.05, 3.63) is 33.3 Å². The van der Waals surface area contributed by atoms with E-state index in [0.29, 0.717) is 21.5 Å². The molecule has 1 rings (SSSR count). The molecule has 0 spiro atoms. The van der Waals surface area contributed by atoms with Gasteiger partial charge in [-0.25, -0.2) is 0 Å². The lowest BCUT2D eigenvalue weighted by Gasteiger charge is -2.08. The van der Waals surface area contributed by atoms with Gasteiger partial charge in [-0.15, -0.1) is 34.8 Å². The molecule has 0 aliphatic carbocycles. The van der Waals surface area contributed by atoms with Gasteiger partial charge in [0, 0.05) is 21.5 Å². The third kappa shape index (κ3) is 2.81. The second-order valence-electron chi connectivity index (χ2n) is 2.40. The van der Waals surface area contributed by atoms with E-state index in [1.807, 2.05) is 0 Å². The third-order valence-corrected chi connectivity index (χ3v) is 2.98. The lowest BCUT2D eigenvalue weighted by molar-refractivity contribution is 1.29. The molecule has 0 radical (unpaired) electrons. The lowest BCUT2D eigenvalue weighted by Crippen LogP contribution is -1.88. The minimum absolute atomic E-state index is 0.309. The van der Waals surface area contributed by atoms with Gasteiger partial charge in [-0.2, -0.15) is 0 Å². The Bertz CT molecular complexity index is 308. The average molecular weight is 278 g/mol. The van der Waals surface area contributed by atoms with Crippen LogP contribution in [0.25, 0.3) is 0 Å². The van der Waals surface area contributed by atoms with Crippen molar-refractivity contribution in [2.24, 2.45) is 0 Å². The summed E-state index contributed by atoms with van der Waals surface area (Å²) in [5.41, 5.74) is 1.40. The molecule has 72 valence electrons. The number of alkyl halides is 3. The van der Waals surface area contributed by atoms with E-state index in [1.54, 1.807) is 12.1 Å². The van der Waals surface area contributed by atoms with Gasteiger partial charge in [-0.3, -0.25) is 0 Å². The predicted molar refractivity (Wildman–Crippen MR) is 60.5 cm³/mol. The van der Waals surface area contributed by atoms with Crippen LogP contribution >= 0.6 is 58.0 Å². The molecular weight excluding hydrogens is 273 g/mol. The van der Waals surface area contributed by atoms with Gasteiger partial charge in [-0.05, 0) is 17.7 Å². The van der Waals surface area contributed by atoms with Gasteiger partial charge < -0.3 is 0 Å². The fourth-order valence-electron chi connectivity index (χ4n) is 0.883. The molecule has 0 unspecified atom stereocenters.